The van der Waals surface area contributed by atoms with Crippen molar-refractivity contribution in [2.75, 3.05) is 18.8 Å². The summed E-state index contributed by atoms with van der Waals surface area (Å²) >= 11 is 3.49. The van der Waals surface area contributed by atoms with Gasteiger partial charge in [-0.3, -0.25) is 9.48 Å². The zero-order chi connectivity index (χ0) is 17.2. The molecule has 1 aliphatic rings. The Labute approximate surface area is 154 Å². The van der Waals surface area contributed by atoms with Crippen LogP contribution in [0.2, 0.25) is 0 Å². The van der Waals surface area contributed by atoms with E-state index < -0.39 is 0 Å². The number of aryl methyl sites for hydroxylation is 1. The maximum absolute atomic E-state index is 13.0. The van der Waals surface area contributed by atoms with Crippen molar-refractivity contribution in [3.63, 3.8) is 0 Å². The van der Waals surface area contributed by atoms with E-state index in [0.717, 1.165) is 41.6 Å². The van der Waals surface area contributed by atoms with E-state index in [2.05, 4.69) is 5.10 Å². The minimum Gasteiger partial charge on any atom is -0.468 e. The van der Waals surface area contributed by atoms with Crippen LogP contribution in [0, 0.1) is 0 Å². The number of thioether (sulfide) groups is 1. The van der Waals surface area contributed by atoms with Crippen LogP contribution in [0.1, 0.15) is 27.9 Å². The van der Waals surface area contributed by atoms with Crippen LogP contribution >= 0.6 is 23.1 Å². The average molecular weight is 374 g/mol. The van der Waals surface area contributed by atoms with Crippen molar-refractivity contribution in [3.05, 3.63) is 53.4 Å². The van der Waals surface area contributed by atoms with E-state index in [4.69, 9.17) is 4.42 Å². The SMILES string of the molecule is Cn1nc(-c2cccs2)cc1C(=O)N1CCSC(c2ccco2)CC1. The zero-order valence-corrected chi connectivity index (χ0v) is 15.6. The molecule has 1 fully saturated rings. The van der Waals surface area contributed by atoms with Gasteiger partial charge in [0.1, 0.15) is 17.1 Å². The standard InChI is InChI=1S/C18H19N3O2S2/c1-20-14(12-13(19-20)16-5-3-10-24-16)18(22)21-7-6-17(25-11-8-21)15-4-2-9-23-15/h2-5,9-10,12,17H,6-8,11H2,1H3. The molecule has 5 nitrogen and oxygen atoms in total. The van der Waals surface area contributed by atoms with Gasteiger partial charge >= 0.3 is 0 Å². The molecule has 0 saturated carbocycles. The molecular formula is C18H19N3O2S2. The highest BCUT2D eigenvalue weighted by Crippen LogP contribution is 2.35. The summed E-state index contributed by atoms with van der Waals surface area (Å²) in [5.74, 6) is 1.96. The lowest BCUT2D eigenvalue weighted by atomic mass is 10.2. The van der Waals surface area contributed by atoms with Crippen LogP contribution in [0.15, 0.2) is 46.4 Å². The fourth-order valence-electron chi connectivity index (χ4n) is 3.05. The van der Waals surface area contributed by atoms with Gasteiger partial charge in [0.2, 0.25) is 0 Å². The fourth-order valence-corrected chi connectivity index (χ4v) is 4.91. The summed E-state index contributed by atoms with van der Waals surface area (Å²) in [7, 11) is 1.84. The van der Waals surface area contributed by atoms with Crippen LogP contribution in [0.25, 0.3) is 10.6 Å². The third-order valence-corrected chi connectivity index (χ3v) is 6.54. The number of rotatable bonds is 3. The fraction of sp³-hybridized carbons (Fsp3) is 0.333. The Morgan fingerprint density at radius 3 is 3.00 bits per heavy atom. The average Bonchev–Trinajstić information content (AvgIpc) is 3.34. The number of aromatic nitrogens is 2. The number of thiophene rings is 1. The van der Waals surface area contributed by atoms with E-state index in [1.54, 1.807) is 22.3 Å². The molecule has 0 aliphatic carbocycles. The molecular weight excluding hydrogens is 354 g/mol. The monoisotopic (exact) mass is 373 g/mol. The first-order chi connectivity index (χ1) is 12.2. The van der Waals surface area contributed by atoms with Crippen LogP contribution in [0.5, 0.6) is 0 Å². The molecule has 0 bridgehead atoms. The Morgan fingerprint density at radius 2 is 2.24 bits per heavy atom. The van der Waals surface area contributed by atoms with Crippen LogP contribution in [0.4, 0.5) is 0 Å². The van der Waals surface area contributed by atoms with Crippen LogP contribution in [0.3, 0.4) is 0 Å². The molecule has 1 unspecified atom stereocenters. The normalized spacial score (nSPS) is 18.3. The van der Waals surface area contributed by atoms with Crippen molar-refractivity contribution in [2.24, 2.45) is 7.05 Å². The largest absolute Gasteiger partial charge is 0.468 e. The highest BCUT2D eigenvalue weighted by Gasteiger charge is 2.26. The van der Waals surface area contributed by atoms with Crippen molar-refractivity contribution in [1.82, 2.24) is 14.7 Å². The molecule has 0 spiro atoms. The molecule has 4 rings (SSSR count). The van der Waals surface area contributed by atoms with E-state index >= 15 is 0 Å². The van der Waals surface area contributed by atoms with Gasteiger partial charge in [0.05, 0.1) is 16.4 Å². The van der Waals surface area contributed by atoms with Crippen LogP contribution in [-0.2, 0) is 7.05 Å². The molecule has 0 radical (unpaired) electrons. The number of nitrogens with zero attached hydrogens (tertiary/aromatic N) is 3. The predicted molar refractivity (Wildman–Crippen MR) is 101 cm³/mol. The lowest BCUT2D eigenvalue weighted by molar-refractivity contribution is 0.0755. The van der Waals surface area contributed by atoms with Gasteiger partial charge in [-0.05, 0) is 36.1 Å². The second kappa shape index (κ2) is 7.09. The Morgan fingerprint density at radius 1 is 1.32 bits per heavy atom. The molecule has 1 saturated heterocycles. The van der Waals surface area contributed by atoms with E-state index in [-0.39, 0.29) is 5.91 Å². The first-order valence-electron chi connectivity index (χ1n) is 8.24. The smallest absolute Gasteiger partial charge is 0.272 e. The lowest BCUT2D eigenvalue weighted by Crippen LogP contribution is -2.34. The highest BCUT2D eigenvalue weighted by atomic mass is 32.2. The first-order valence-corrected chi connectivity index (χ1v) is 10.2. The summed E-state index contributed by atoms with van der Waals surface area (Å²) in [4.78, 5) is 16.0. The molecule has 25 heavy (non-hydrogen) atoms. The molecule has 0 N–H and O–H groups in total. The Kier molecular flexibility index (Phi) is 4.67. The third kappa shape index (κ3) is 3.39. The second-order valence-electron chi connectivity index (χ2n) is 5.97. The molecule has 4 heterocycles. The molecule has 1 amide bonds. The van der Waals surface area contributed by atoms with Crippen molar-refractivity contribution in [1.29, 1.82) is 0 Å². The van der Waals surface area contributed by atoms with E-state index in [1.807, 2.05) is 59.4 Å². The Hall–Kier alpha value is -1.99. The quantitative estimate of drug-likeness (QED) is 0.695. The molecule has 7 heteroatoms. The summed E-state index contributed by atoms with van der Waals surface area (Å²) in [6.07, 6.45) is 2.62. The number of furan rings is 1. The van der Waals surface area contributed by atoms with E-state index in [0.29, 0.717) is 10.9 Å². The maximum Gasteiger partial charge on any atom is 0.272 e. The van der Waals surface area contributed by atoms with Gasteiger partial charge in [0, 0.05) is 25.9 Å². The van der Waals surface area contributed by atoms with Gasteiger partial charge in [-0.25, -0.2) is 0 Å². The number of hydrogen-bond donors (Lipinski definition) is 0. The molecule has 0 aromatic carbocycles. The molecule has 130 valence electrons. The topological polar surface area (TPSA) is 51.3 Å². The van der Waals surface area contributed by atoms with Gasteiger partial charge in [0.15, 0.2) is 0 Å². The van der Waals surface area contributed by atoms with Gasteiger partial charge in [-0.1, -0.05) is 6.07 Å². The number of hydrogen-bond acceptors (Lipinski definition) is 5. The predicted octanol–water partition coefficient (Wildman–Crippen LogP) is 4.06. The van der Waals surface area contributed by atoms with Gasteiger partial charge in [-0.2, -0.15) is 5.10 Å². The maximum atomic E-state index is 13.0. The summed E-state index contributed by atoms with van der Waals surface area (Å²) < 4.78 is 7.23. The zero-order valence-electron chi connectivity index (χ0n) is 13.9. The molecule has 3 aromatic rings. The minimum atomic E-state index is 0.0542. The second-order valence-corrected chi connectivity index (χ2v) is 8.23. The summed E-state index contributed by atoms with van der Waals surface area (Å²) in [5, 5.41) is 6.85. The van der Waals surface area contributed by atoms with Crippen LogP contribution in [-0.4, -0.2) is 39.4 Å². The lowest BCUT2D eigenvalue weighted by Gasteiger charge is -2.19. The summed E-state index contributed by atoms with van der Waals surface area (Å²) in [5.41, 5.74) is 1.50. The Balaban J connectivity index is 1.49. The molecule has 3 aromatic heterocycles. The summed E-state index contributed by atoms with van der Waals surface area (Å²) in [6.45, 7) is 1.48. The highest BCUT2D eigenvalue weighted by molar-refractivity contribution is 7.99. The van der Waals surface area contributed by atoms with Gasteiger partial charge < -0.3 is 9.32 Å². The summed E-state index contributed by atoms with van der Waals surface area (Å²) in [6, 6.07) is 9.86. The minimum absolute atomic E-state index is 0.0542. The third-order valence-electron chi connectivity index (χ3n) is 4.36. The van der Waals surface area contributed by atoms with Crippen molar-refractivity contribution >= 4 is 29.0 Å². The van der Waals surface area contributed by atoms with Crippen LogP contribution < -0.4 is 0 Å². The number of carbonyl (C=O) groups is 1. The van der Waals surface area contributed by atoms with Crippen molar-refractivity contribution < 1.29 is 9.21 Å². The van der Waals surface area contributed by atoms with E-state index in [9.17, 15) is 4.79 Å². The van der Waals surface area contributed by atoms with Crippen molar-refractivity contribution in [2.45, 2.75) is 11.7 Å². The Bertz CT molecular complexity index is 840. The van der Waals surface area contributed by atoms with Crippen molar-refractivity contribution in [3.8, 4) is 10.6 Å². The molecule has 1 atom stereocenters. The van der Waals surface area contributed by atoms with Gasteiger partial charge in [-0.15, -0.1) is 23.1 Å². The van der Waals surface area contributed by atoms with Gasteiger partial charge in [0.25, 0.3) is 5.91 Å². The molecule has 1 aliphatic heterocycles. The first kappa shape index (κ1) is 16.5. The number of carbonyl (C=O) groups excluding carboxylic acids is 1. The number of amides is 1. The van der Waals surface area contributed by atoms with E-state index in [1.165, 1.54) is 0 Å².